The first-order chi connectivity index (χ1) is 10.9. The standard InChI is InChI=1S/C16H14ClNO5/c1-2-23-14-6-3-9(17)7-12(14)15(20)18-10-4-5-11(16(21)22)13(19)8-10/h3-8,19H,2H2,1H3,(H,18,20)(H,21,22). The van der Waals surface area contributed by atoms with E-state index >= 15 is 0 Å². The molecule has 2 rings (SSSR count). The molecule has 23 heavy (non-hydrogen) atoms. The van der Waals surface area contributed by atoms with Crippen LogP contribution in [0.4, 0.5) is 5.69 Å². The van der Waals surface area contributed by atoms with Crippen LogP contribution in [0.5, 0.6) is 11.5 Å². The van der Waals surface area contributed by atoms with Gasteiger partial charge in [-0.05, 0) is 37.3 Å². The van der Waals surface area contributed by atoms with Crippen LogP contribution in [-0.4, -0.2) is 28.7 Å². The summed E-state index contributed by atoms with van der Waals surface area (Å²) in [6, 6.07) is 8.41. The molecule has 6 nitrogen and oxygen atoms in total. The highest BCUT2D eigenvalue weighted by Crippen LogP contribution is 2.26. The third-order valence-electron chi connectivity index (χ3n) is 2.97. The Balaban J connectivity index is 2.27. The van der Waals surface area contributed by atoms with Crippen molar-refractivity contribution in [1.29, 1.82) is 0 Å². The molecule has 0 saturated heterocycles. The molecule has 0 aromatic heterocycles. The summed E-state index contributed by atoms with van der Waals surface area (Å²) in [5, 5.41) is 21.5. The van der Waals surface area contributed by atoms with Crippen molar-refractivity contribution in [2.45, 2.75) is 6.92 Å². The van der Waals surface area contributed by atoms with Gasteiger partial charge in [0, 0.05) is 16.8 Å². The second-order valence-electron chi connectivity index (χ2n) is 4.56. The Kier molecular flexibility index (Phi) is 5.08. The average Bonchev–Trinajstić information content (AvgIpc) is 2.49. The molecule has 0 heterocycles. The van der Waals surface area contributed by atoms with E-state index in [9.17, 15) is 14.7 Å². The first kappa shape index (κ1) is 16.6. The Bertz CT molecular complexity index is 760. The molecule has 0 unspecified atom stereocenters. The summed E-state index contributed by atoms with van der Waals surface area (Å²) in [6.07, 6.45) is 0. The van der Waals surface area contributed by atoms with Crippen molar-refractivity contribution in [3.8, 4) is 11.5 Å². The maximum absolute atomic E-state index is 12.3. The Morgan fingerprint density at radius 2 is 1.91 bits per heavy atom. The maximum atomic E-state index is 12.3. The summed E-state index contributed by atoms with van der Waals surface area (Å²) in [4.78, 5) is 23.2. The molecule has 0 aliphatic carbocycles. The number of aromatic carboxylic acids is 1. The Labute approximate surface area is 137 Å². The minimum absolute atomic E-state index is 0.237. The van der Waals surface area contributed by atoms with Crippen LogP contribution >= 0.6 is 11.6 Å². The van der Waals surface area contributed by atoms with E-state index < -0.39 is 17.6 Å². The first-order valence-electron chi connectivity index (χ1n) is 6.72. The predicted octanol–water partition coefficient (Wildman–Crippen LogP) is 3.39. The number of carbonyl (C=O) groups excluding carboxylic acids is 1. The van der Waals surface area contributed by atoms with E-state index in [1.165, 1.54) is 18.2 Å². The van der Waals surface area contributed by atoms with Crippen molar-refractivity contribution in [2.24, 2.45) is 0 Å². The second kappa shape index (κ2) is 7.02. The normalized spacial score (nSPS) is 10.2. The lowest BCUT2D eigenvalue weighted by atomic mass is 10.1. The fourth-order valence-electron chi connectivity index (χ4n) is 1.95. The molecule has 7 heteroatoms. The molecule has 3 N–H and O–H groups in total. The highest BCUT2D eigenvalue weighted by Gasteiger charge is 2.15. The zero-order valence-electron chi connectivity index (χ0n) is 12.2. The van der Waals surface area contributed by atoms with Crippen LogP contribution in [0, 0.1) is 0 Å². The van der Waals surface area contributed by atoms with E-state index in [0.29, 0.717) is 17.4 Å². The lowest BCUT2D eigenvalue weighted by Gasteiger charge is -2.11. The molecule has 0 spiro atoms. The highest BCUT2D eigenvalue weighted by molar-refractivity contribution is 6.31. The zero-order valence-corrected chi connectivity index (χ0v) is 12.9. The fourth-order valence-corrected chi connectivity index (χ4v) is 2.12. The Hall–Kier alpha value is -2.73. The van der Waals surface area contributed by atoms with Gasteiger partial charge in [-0.15, -0.1) is 0 Å². The van der Waals surface area contributed by atoms with Gasteiger partial charge in [-0.2, -0.15) is 0 Å². The van der Waals surface area contributed by atoms with Crippen LogP contribution in [0.3, 0.4) is 0 Å². The van der Waals surface area contributed by atoms with Crippen molar-refractivity contribution in [3.05, 3.63) is 52.5 Å². The SMILES string of the molecule is CCOc1ccc(Cl)cc1C(=O)Nc1ccc(C(=O)O)c(O)c1. The number of anilines is 1. The topological polar surface area (TPSA) is 95.9 Å². The van der Waals surface area contributed by atoms with Gasteiger partial charge in [-0.25, -0.2) is 4.79 Å². The van der Waals surface area contributed by atoms with E-state index in [-0.39, 0.29) is 16.8 Å². The molecule has 0 fully saturated rings. The summed E-state index contributed by atoms with van der Waals surface area (Å²) < 4.78 is 5.38. The number of ether oxygens (including phenoxy) is 1. The molecule has 0 saturated carbocycles. The Morgan fingerprint density at radius 3 is 2.52 bits per heavy atom. The molecule has 2 aromatic rings. The van der Waals surface area contributed by atoms with Crippen molar-refractivity contribution >= 4 is 29.2 Å². The molecule has 0 radical (unpaired) electrons. The van der Waals surface area contributed by atoms with Gasteiger partial charge in [0.2, 0.25) is 0 Å². The molecule has 0 atom stereocenters. The minimum Gasteiger partial charge on any atom is -0.507 e. The number of halogens is 1. The smallest absolute Gasteiger partial charge is 0.339 e. The third kappa shape index (κ3) is 3.92. The van der Waals surface area contributed by atoms with Gasteiger partial charge in [0.15, 0.2) is 0 Å². The van der Waals surface area contributed by atoms with Gasteiger partial charge in [0.25, 0.3) is 5.91 Å². The summed E-state index contributed by atoms with van der Waals surface area (Å²) >= 11 is 5.90. The molecule has 0 aliphatic rings. The lowest BCUT2D eigenvalue weighted by Crippen LogP contribution is -2.14. The number of carboxylic acid groups (broad SMARTS) is 1. The first-order valence-corrected chi connectivity index (χ1v) is 7.10. The summed E-state index contributed by atoms with van der Waals surface area (Å²) in [7, 11) is 0. The molecule has 0 aliphatic heterocycles. The van der Waals surface area contributed by atoms with Crippen molar-refractivity contribution in [2.75, 3.05) is 11.9 Å². The maximum Gasteiger partial charge on any atom is 0.339 e. The quantitative estimate of drug-likeness (QED) is 0.778. The molecule has 1 amide bonds. The molecule has 2 aromatic carbocycles. The van der Waals surface area contributed by atoms with Gasteiger partial charge in [0.1, 0.15) is 17.1 Å². The largest absolute Gasteiger partial charge is 0.507 e. The molecular formula is C16H14ClNO5. The van der Waals surface area contributed by atoms with E-state index in [0.717, 1.165) is 6.07 Å². The van der Waals surface area contributed by atoms with Crippen LogP contribution < -0.4 is 10.1 Å². The summed E-state index contributed by atoms with van der Waals surface area (Å²) in [5.41, 5.74) is 0.238. The van der Waals surface area contributed by atoms with Gasteiger partial charge in [-0.3, -0.25) is 4.79 Å². The summed E-state index contributed by atoms with van der Waals surface area (Å²) in [6.45, 7) is 2.18. The number of benzene rings is 2. The zero-order chi connectivity index (χ0) is 17.0. The van der Waals surface area contributed by atoms with E-state index in [2.05, 4.69) is 5.32 Å². The number of nitrogens with one attached hydrogen (secondary N) is 1. The molecular weight excluding hydrogens is 322 g/mol. The number of amides is 1. The van der Waals surface area contributed by atoms with Crippen molar-refractivity contribution in [1.82, 2.24) is 0 Å². The minimum atomic E-state index is -1.26. The van der Waals surface area contributed by atoms with Gasteiger partial charge in [0.05, 0.1) is 12.2 Å². The van der Waals surface area contributed by atoms with Crippen molar-refractivity contribution in [3.63, 3.8) is 0 Å². The van der Waals surface area contributed by atoms with Gasteiger partial charge in [-0.1, -0.05) is 11.6 Å². The Morgan fingerprint density at radius 1 is 1.17 bits per heavy atom. The molecule has 120 valence electrons. The van der Waals surface area contributed by atoms with Crippen LogP contribution in [0.1, 0.15) is 27.6 Å². The van der Waals surface area contributed by atoms with Crippen LogP contribution in [0.15, 0.2) is 36.4 Å². The monoisotopic (exact) mass is 335 g/mol. The number of hydrogen-bond acceptors (Lipinski definition) is 4. The highest BCUT2D eigenvalue weighted by atomic mass is 35.5. The van der Waals surface area contributed by atoms with Crippen LogP contribution in [-0.2, 0) is 0 Å². The van der Waals surface area contributed by atoms with Gasteiger partial charge < -0.3 is 20.3 Å². The number of rotatable bonds is 5. The van der Waals surface area contributed by atoms with Crippen molar-refractivity contribution < 1.29 is 24.5 Å². The lowest BCUT2D eigenvalue weighted by molar-refractivity contribution is 0.0693. The average molecular weight is 336 g/mol. The summed E-state index contributed by atoms with van der Waals surface area (Å²) in [5.74, 6) is -1.81. The van der Waals surface area contributed by atoms with E-state index in [1.54, 1.807) is 19.1 Å². The van der Waals surface area contributed by atoms with Crippen LogP contribution in [0.2, 0.25) is 5.02 Å². The second-order valence-corrected chi connectivity index (χ2v) is 5.00. The molecule has 0 bridgehead atoms. The van der Waals surface area contributed by atoms with E-state index in [1.807, 2.05) is 0 Å². The number of carboxylic acids is 1. The number of carbonyl (C=O) groups is 2. The van der Waals surface area contributed by atoms with Gasteiger partial charge >= 0.3 is 5.97 Å². The number of aromatic hydroxyl groups is 1. The van der Waals surface area contributed by atoms with Crippen LogP contribution in [0.25, 0.3) is 0 Å². The number of hydrogen-bond donors (Lipinski definition) is 3. The number of phenols is 1. The van der Waals surface area contributed by atoms with E-state index in [4.69, 9.17) is 21.4 Å². The third-order valence-corrected chi connectivity index (χ3v) is 3.21. The fraction of sp³-hybridized carbons (Fsp3) is 0.125. The predicted molar refractivity (Wildman–Crippen MR) is 85.6 cm³/mol.